The normalized spacial score (nSPS) is 4.29. The number of hydrogen-bond donors (Lipinski definition) is 1. The zero-order chi connectivity index (χ0) is 5.41. The Bertz CT molecular complexity index is 33.7. The van der Waals surface area contributed by atoms with Gasteiger partial charge in [-0.25, -0.2) is 0 Å². The summed E-state index contributed by atoms with van der Waals surface area (Å²) in [5.74, 6) is 0. The maximum Gasteiger partial charge on any atom is 0 e. The van der Waals surface area contributed by atoms with Gasteiger partial charge in [-0.2, -0.15) is 0 Å². The molecule has 0 unspecified atom stereocenters. The number of carbonyl (C=O) groups is 1. The maximum absolute atomic E-state index is 8.58. The Morgan fingerprint density at radius 2 is 1.86 bits per heavy atom. The van der Waals surface area contributed by atoms with Crippen LogP contribution in [0.5, 0.6) is 0 Å². The maximum atomic E-state index is 8.58. The largest absolute Gasteiger partial charge is 0 e. The van der Waals surface area contributed by atoms with Gasteiger partial charge >= 0.3 is 44.8 Å². The molecular weight excluding hydrogens is 544 g/mol. The minimum absolute atomic E-state index is 0. The predicted octanol–water partition coefficient (Wildman–Crippen LogP) is -0.0849. The molecule has 2 N–H and O–H groups in total. The van der Waals surface area contributed by atoms with Crippen LogP contribution >= 0.6 is 26.1 Å². The SMILES string of the molecule is NC=O.[Cl][Pb][I].[Cs]. The fourth-order valence-corrected chi connectivity index (χ4v) is 0. The predicted molar refractivity (Wildman–Crippen MR) is 41.6 cm³/mol. The Morgan fingerprint density at radius 1 is 1.86 bits per heavy atom. The molecule has 37 valence electrons. The fraction of sp³-hybridized carbons (Fsp3) is 0. The first-order chi connectivity index (χ1) is 2.83. The summed E-state index contributed by atoms with van der Waals surface area (Å²) in [6, 6.07) is 0. The number of halogens is 2. The van der Waals surface area contributed by atoms with Crippen LogP contribution in [0.25, 0.3) is 0 Å². The third-order valence-corrected chi connectivity index (χ3v) is 0. The van der Waals surface area contributed by atoms with E-state index in [4.69, 9.17) is 13.1 Å². The Balaban J connectivity index is -0.0000000400. The summed E-state index contributed by atoms with van der Waals surface area (Å²) < 4.78 is 0. The van der Waals surface area contributed by atoms with Crippen LogP contribution in [0.3, 0.4) is 0 Å². The molecule has 0 rings (SSSR count). The first-order valence-corrected chi connectivity index (χ1v) is 16.7. The van der Waals surface area contributed by atoms with Crippen LogP contribution in [0, 0.1) is 0 Å². The monoisotopic (exact) mass is 548 g/mol. The van der Waals surface area contributed by atoms with Crippen molar-refractivity contribution in [1.82, 2.24) is 0 Å². The molecule has 7 heavy (non-hydrogen) atoms. The second-order valence-electron chi connectivity index (χ2n) is 0.208. The quantitative estimate of drug-likeness (QED) is 0.258. The zero-order valence-corrected chi connectivity index (χ0v) is 16.9. The van der Waals surface area contributed by atoms with E-state index in [0.29, 0.717) is 0 Å². The first kappa shape index (κ1) is 16.8. The van der Waals surface area contributed by atoms with E-state index in [1.165, 1.54) is 0 Å². The molecule has 0 heterocycles. The van der Waals surface area contributed by atoms with Crippen molar-refractivity contribution in [1.29, 1.82) is 0 Å². The fourth-order valence-electron chi connectivity index (χ4n) is 0. The van der Waals surface area contributed by atoms with E-state index in [0.717, 1.165) is 0 Å². The third kappa shape index (κ3) is 43.9. The van der Waals surface area contributed by atoms with Crippen molar-refractivity contribution in [3.63, 3.8) is 0 Å². The molecule has 0 aliphatic carbocycles. The van der Waals surface area contributed by atoms with Crippen LogP contribution in [0.1, 0.15) is 0 Å². The van der Waals surface area contributed by atoms with Crippen molar-refractivity contribution in [2.75, 3.05) is 0 Å². The van der Waals surface area contributed by atoms with Crippen LogP contribution in [-0.4, -0.2) is 94.0 Å². The van der Waals surface area contributed by atoms with Crippen molar-refractivity contribution < 1.29 is 4.79 Å². The minimum Gasteiger partial charge on any atom is 0 e. The van der Waals surface area contributed by atoms with E-state index in [1.54, 1.807) is 0 Å². The molecule has 0 aromatic carbocycles. The van der Waals surface area contributed by atoms with Crippen molar-refractivity contribution >= 4 is 120 Å². The van der Waals surface area contributed by atoms with Gasteiger partial charge in [-0.05, 0) is 0 Å². The van der Waals surface area contributed by atoms with E-state index in [2.05, 4.69) is 23.5 Å². The molecule has 6 heteroatoms. The Labute approximate surface area is 126 Å². The molecule has 0 saturated carbocycles. The molecular formula is CH3ClCsINOPb. The topological polar surface area (TPSA) is 43.1 Å². The van der Waals surface area contributed by atoms with Gasteiger partial charge in [-0.1, -0.05) is 0 Å². The minimum atomic E-state index is -0.474. The standard InChI is InChI=1S/CH3NO.ClH.Cs.HI.Pb/c2-1-3;;;;/h1H,(H2,2,3);1H;;1H;/q;;;;+2/p-2. The Kier molecular flexibility index (Phi) is 54.6. The number of primary amides is 1. The van der Waals surface area contributed by atoms with Gasteiger partial charge in [0.1, 0.15) is 0 Å². The van der Waals surface area contributed by atoms with E-state index in [-0.39, 0.29) is 75.3 Å². The van der Waals surface area contributed by atoms with Gasteiger partial charge in [0.25, 0.3) is 0 Å². The molecule has 3 radical (unpaired) electrons. The summed E-state index contributed by atoms with van der Waals surface area (Å²) in [6.07, 6.45) is 0.250. The van der Waals surface area contributed by atoms with Crippen molar-refractivity contribution in [2.24, 2.45) is 5.73 Å². The summed E-state index contributed by atoms with van der Waals surface area (Å²) in [7, 11) is 5.18. The van der Waals surface area contributed by atoms with Crippen LogP contribution in [0.15, 0.2) is 0 Å². The average molecular weight is 548 g/mol. The van der Waals surface area contributed by atoms with Gasteiger partial charge in [0.15, 0.2) is 0 Å². The van der Waals surface area contributed by atoms with Crippen LogP contribution in [0.2, 0.25) is 0 Å². The number of nitrogens with two attached hydrogens (primary N) is 1. The molecule has 0 spiro atoms. The summed E-state index contributed by atoms with van der Waals surface area (Å²) in [6.45, 7) is 0. The van der Waals surface area contributed by atoms with E-state index in [9.17, 15) is 0 Å². The summed E-state index contributed by atoms with van der Waals surface area (Å²) >= 11 is 1.77. The van der Waals surface area contributed by atoms with Crippen molar-refractivity contribution in [2.45, 2.75) is 0 Å². The number of rotatable bonds is 0. The smallest absolute Gasteiger partial charge is 0 e. The third-order valence-electron chi connectivity index (χ3n) is 0. The summed E-state index contributed by atoms with van der Waals surface area (Å²) in [5.41, 5.74) is 4.17. The first-order valence-electron chi connectivity index (χ1n) is 0.947. The van der Waals surface area contributed by atoms with Gasteiger partial charge in [0, 0.05) is 68.9 Å². The molecule has 1 amide bonds. The molecule has 0 fully saturated rings. The van der Waals surface area contributed by atoms with Crippen LogP contribution in [0.4, 0.5) is 0 Å². The molecule has 0 aromatic heterocycles. The molecule has 0 aliphatic heterocycles. The van der Waals surface area contributed by atoms with Crippen LogP contribution in [-0.2, 0) is 4.79 Å². The zero-order valence-electron chi connectivity index (χ0n) is 3.82. The Morgan fingerprint density at radius 3 is 1.86 bits per heavy atom. The molecule has 2 nitrogen and oxygen atoms in total. The number of hydrogen-bond acceptors (Lipinski definition) is 1. The van der Waals surface area contributed by atoms with Gasteiger partial charge in [0.2, 0.25) is 6.41 Å². The van der Waals surface area contributed by atoms with E-state index >= 15 is 0 Å². The van der Waals surface area contributed by atoms with Gasteiger partial charge in [-0.15, -0.1) is 0 Å². The van der Waals surface area contributed by atoms with Crippen molar-refractivity contribution in [3.8, 4) is 0 Å². The van der Waals surface area contributed by atoms with Gasteiger partial charge < -0.3 is 5.73 Å². The number of carbonyl (C=O) groups excluding carboxylic acids is 1. The number of amides is 1. The molecule has 0 saturated heterocycles. The Hall–Kier alpha value is 3.46. The summed E-state index contributed by atoms with van der Waals surface area (Å²) in [4.78, 5) is 8.58. The second-order valence-corrected chi connectivity index (χ2v) is 12.7. The second kappa shape index (κ2) is 22.7. The molecule has 0 atom stereocenters. The van der Waals surface area contributed by atoms with Crippen molar-refractivity contribution in [3.05, 3.63) is 0 Å². The average Bonchev–Trinajstić information content (AvgIpc) is 1.39. The van der Waals surface area contributed by atoms with Gasteiger partial charge in [0.05, 0.1) is 0 Å². The molecule has 0 aliphatic rings. The van der Waals surface area contributed by atoms with Crippen LogP contribution < -0.4 is 5.73 Å². The van der Waals surface area contributed by atoms with E-state index in [1.807, 2.05) is 0 Å². The summed E-state index contributed by atoms with van der Waals surface area (Å²) in [5, 5.41) is 0. The molecule has 0 bridgehead atoms. The van der Waals surface area contributed by atoms with Gasteiger partial charge in [-0.3, -0.25) is 4.79 Å². The molecule has 0 aromatic rings. The van der Waals surface area contributed by atoms with E-state index < -0.39 is 18.7 Å².